The first-order chi connectivity index (χ1) is 11.3. The molecule has 1 amide bonds. The number of nitrogens with zero attached hydrogens (tertiary/aromatic N) is 3. The summed E-state index contributed by atoms with van der Waals surface area (Å²) in [4.78, 5) is 24.8. The van der Waals surface area contributed by atoms with E-state index in [-0.39, 0.29) is 13.0 Å². The smallest absolute Gasteiger partial charge is 0.343 e. The van der Waals surface area contributed by atoms with Crippen LogP contribution in [-0.4, -0.2) is 50.4 Å². The van der Waals surface area contributed by atoms with Crippen LogP contribution in [0.3, 0.4) is 0 Å². The van der Waals surface area contributed by atoms with Crippen LogP contribution in [0.4, 0.5) is 4.39 Å². The van der Waals surface area contributed by atoms with Crippen LogP contribution < -0.4 is 0 Å². The third-order valence-corrected chi connectivity index (χ3v) is 4.53. The summed E-state index contributed by atoms with van der Waals surface area (Å²) < 4.78 is 15.7. The summed E-state index contributed by atoms with van der Waals surface area (Å²) in [5.41, 5.74) is -0.908. The molecule has 1 unspecified atom stereocenters. The number of alkyl halides is 1. The lowest BCUT2D eigenvalue weighted by atomic mass is 10.1. The molecule has 1 N–H and O–H groups in total. The predicted molar refractivity (Wildman–Crippen MR) is 85.3 cm³/mol. The van der Waals surface area contributed by atoms with E-state index in [1.165, 1.54) is 15.8 Å². The number of para-hydroxylation sites is 1. The van der Waals surface area contributed by atoms with Gasteiger partial charge in [0.05, 0.1) is 34.7 Å². The van der Waals surface area contributed by atoms with Gasteiger partial charge < -0.3 is 10.0 Å². The van der Waals surface area contributed by atoms with Gasteiger partial charge >= 0.3 is 5.97 Å². The third kappa shape index (κ3) is 2.65. The van der Waals surface area contributed by atoms with Crippen molar-refractivity contribution in [3.8, 4) is 5.69 Å². The lowest BCUT2D eigenvalue weighted by Gasteiger charge is -2.17. The molecule has 6 nitrogen and oxygen atoms in total. The van der Waals surface area contributed by atoms with Crippen LogP contribution in [0.25, 0.3) is 5.69 Å². The Balaban J connectivity index is 1.88. The Bertz CT molecular complexity index is 823. The first-order valence-electron chi connectivity index (χ1n) is 7.34. The van der Waals surface area contributed by atoms with Gasteiger partial charge in [-0.3, -0.25) is 4.79 Å². The van der Waals surface area contributed by atoms with Gasteiger partial charge in [-0.2, -0.15) is 5.10 Å². The number of carbonyl (C=O) groups excluding carboxylic acids is 1. The van der Waals surface area contributed by atoms with E-state index in [1.54, 1.807) is 31.2 Å². The number of hydrogen-bond acceptors (Lipinski definition) is 3. The minimum Gasteiger partial charge on any atom is -0.479 e. The summed E-state index contributed by atoms with van der Waals surface area (Å²) in [7, 11) is 0. The fraction of sp³-hybridized carbons (Fsp3) is 0.312. The second-order valence-corrected chi connectivity index (χ2v) is 6.16. The van der Waals surface area contributed by atoms with Crippen LogP contribution in [0.15, 0.2) is 30.5 Å². The maximum absolute atomic E-state index is 14.2. The highest BCUT2D eigenvalue weighted by molar-refractivity contribution is 6.32. The number of likely N-dealkylation sites (tertiary alicyclic amines) is 1. The standard InChI is InChI=1S/C16H15ClFN3O3/c1-10-11(8-19-21(10)13-5-3-2-4-12(13)17)14(22)20-7-6-16(18,9-20)15(23)24/h2-5,8H,6-7,9H2,1H3,(H,23,24). The minimum atomic E-state index is -2.39. The van der Waals surface area contributed by atoms with Crippen LogP contribution in [0, 0.1) is 6.92 Å². The predicted octanol–water partition coefficient (Wildman–Crippen LogP) is 2.47. The molecule has 0 radical (unpaired) electrons. The quantitative estimate of drug-likeness (QED) is 0.921. The normalized spacial score (nSPS) is 20.4. The van der Waals surface area contributed by atoms with Crippen molar-refractivity contribution < 1.29 is 19.1 Å². The Labute approximate surface area is 142 Å². The number of hydrogen-bond donors (Lipinski definition) is 1. The van der Waals surface area contributed by atoms with Crippen molar-refractivity contribution in [1.82, 2.24) is 14.7 Å². The van der Waals surface area contributed by atoms with Crippen molar-refractivity contribution in [1.29, 1.82) is 0 Å². The fourth-order valence-electron chi connectivity index (χ4n) is 2.78. The molecule has 1 aliphatic heterocycles. The van der Waals surface area contributed by atoms with Crippen LogP contribution in [-0.2, 0) is 4.79 Å². The zero-order chi connectivity index (χ0) is 17.5. The molecule has 0 saturated carbocycles. The minimum absolute atomic E-state index is 0.0539. The Morgan fingerprint density at radius 2 is 2.08 bits per heavy atom. The van der Waals surface area contributed by atoms with E-state index in [9.17, 15) is 14.0 Å². The number of halogens is 2. The average Bonchev–Trinajstić information content (AvgIpc) is 3.12. The first kappa shape index (κ1) is 16.4. The van der Waals surface area contributed by atoms with E-state index in [4.69, 9.17) is 16.7 Å². The maximum atomic E-state index is 14.2. The van der Waals surface area contributed by atoms with Crippen molar-refractivity contribution in [3.63, 3.8) is 0 Å². The highest BCUT2D eigenvalue weighted by Crippen LogP contribution is 2.28. The molecule has 0 bridgehead atoms. The highest BCUT2D eigenvalue weighted by atomic mass is 35.5. The Morgan fingerprint density at radius 3 is 2.71 bits per heavy atom. The molecule has 1 aromatic carbocycles. The number of rotatable bonds is 3. The van der Waals surface area contributed by atoms with Crippen LogP contribution in [0.5, 0.6) is 0 Å². The zero-order valence-corrected chi connectivity index (χ0v) is 13.6. The summed E-state index contributed by atoms with van der Waals surface area (Å²) in [6, 6.07) is 7.07. The average molecular weight is 352 g/mol. The molecule has 1 fully saturated rings. The van der Waals surface area contributed by atoms with Crippen LogP contribution in [0.1, 0.15) is 22.5 Å². The summed E-state index contributed by atoms with van der Waals surface area (Å²) in [5.74, 6) is -1.98. The van der Waals surface area contributed by atoms with Crippen molar-refractivity contribution >= 4 is 23.5 Å². The number of aliphatic carboxylic acids is 1. The van der Waals surface area contributed by atoms with Gasteiger partial charge in [0, 0.05) is 13.0 Å². The van der Waals surface area contributed by atoms with E-state index >= 15 is 0 Å². The molecular weight excluding hydrogens is 337 g/mol. The summed E-state index contributed by atoms with van der Waals surface area (Å²) in [5, 5.41) is 13.6. The second kappa shape index (κ2) is 5.90. The van der Waals surface area contributed by atoms with E-state index in [0.29, 0.717) is 22.0 Å². The van der Waals surface area contributed by atoms with Crippen LogP contribution >= 0.6 is 11.6 Å². The molecule has 3 rings (SSSR count). The number of amides is 1. The van der Waals surface area contributed by atoms with Gasteiger partial charge in [0.1, 0.15) is 0 Å². The molecule has 2 aromatic rings. The summed E-state index contributed by atoms with van der Waals surface area (Å²) in [6.45, 7) is 1.30. The topological polar surface area (TPSA) is 75.4 Å². The molecular formula is C16H15ClFN3O3. The molecule has 24 heavy (non-hydrogen) atoms. The first-order valence-corrected chi connectivity index (χ1v) is 7.72. The van der Waals surface area contributed by atoms with E-state index in [1.807, 2.05) is 0 Å². The molecule has 126 valence electrons. The third-order valence-electron chi connectivity index (χ3n) is 4.21. The Morgan fingerprint density at radius 1 is 1.38 bits per heavy atom. The number of benzene rings is 1. The zero-order valence-electron chi connectivity index (χ0n) is 12.9. The van der Waals surface area contributed by atoms with E-state index in [2.05, 4.69) is 5.10 Å². The molecule has 1 aliphatic rings. The monoisotopic (exact) mass is 351 g/mol. The maximum Gasteiger partial charge on any atom is 0.343 e. The second-order valence-electron chi connectivity index (χ2n) is 5.75. The highest BCUT2D eigenvalue weighted by Gasteiger charge is 2.47. The molecule has 1 atom stereocenters. The Kier molecular flexibility index (Phi) is 4.04. The van der Waals surface area contributed by atoms with Crippen molar-refractivity contribution in [2.75, 3.05) is 13.1 Å². The largest absolute Gasteiger partial charge is 0.479 e. The van der Waals surface area contributed by atoms with Gasteiger partial charge in [-0.15, -0.1) is 0 Å². The molecule has 2 heterocycles. The molecule has 8 heteroatoms. The van der Waals surface area contributed by atoms with Gasteiger partial charge in [-0.05, 0) is 19.1 Å². The molecule has 0 aliphatic carbocycles. The molecule has 0 spiro atoms. The lowest BCUT2D eigenvalue weighted by molar-refractivity contribution is -0.149. The van der Waals surface area contributed by atoms with E-state index < -0.39 is 24.1 Å². The number of carboxylic acid groups (broad SMARTS) is 1. The van der Waals surface area contributed by atoms with E-state index in [0.717, 1.165) is 0 Å². The lowest BCUT2D eigenvalue weighted by Crippen LogP contribution is -2.39. The molecule has 1 saturated heterocycles. The number of carboxylic acids is 1. The number of aromatic nitrogens is 2. The Hall–Kier alpha value is -2.41. The van der Waals surface area contributed by atoms with Gasteiger partial charge in [-0.1, -0.05) is 23.7 Å². The van der Waals surface area contributed by atoms with Crippen molar-refractivity contribution in [3.05, 3.63) is 46.7 Å². The fourth-order valence-corrected chi connectivity index (χ4v) is 2.99. The van der Waals surface area contributed by atoms with Gasteiger partial charge in [0.25, 0.3) is 5.91 Å². The van der Waals surface area contributed by atoms with Crippen molar-refractivity contribution in [2.24, 2.45) is 0 Å². The van der Waals surface area contributed by atoms with Crippen molar-refractivity contribution in [2.45, 2.75) is 19.0 Å². The summed E-state index contributed by atoms with van der Waals surface area (Å²) >= 11 is 6.15. The van der Waals surface area contributed by atoms with Gasteiger partial charge in [0.15, 0.2) is 0 Å². The SMILES string of the molecule is Cc1c(C(=O)N2CCC(F)(C(=O)O)C2)cnn1-c1ccccc1Cl. The number of carbonyl (C=O) groups is 2. The summed E-state index contributed by atoms with van der Waals surface area (Å²) in [6.07, 6.45) is 1.17. The van der Waals surface area contributed by atoms with Gasteiger partial charge in [-0.25, -0.2) is 13.9 Å². The molecule has 1 aromatic heterocycles. The van der Waals surface area contributed by atoms with Crippen LogP contribution in [0.2, 0.25) is 5.02 Å². The van der Waals surface area contributed by atoms with Gasteiger partial charge in [0.2, 0.25) is 5.67 Å².